The highest BCUT2D eigenvalue weighted by Gasteiger charge is 2.36. The van der Waals surface area contributed by atoms with E-state index in [1.54, 1.807) is 0 Å². The number of ether oxygens (including phenoxy) is 2. The molecule has 1 unspecified atom stereocenters. The van der Waals surface area contributed by atoms with Gasteiger partial charge in [-0.15, -0.1) is 0 Å². The maximum absolute atomic E-state index is 5.91. The molecule has 0 bridgehead atoms. The first kappa shape index (κ1) is 21.1. The Kier molecular flexibility index (Phi) is 6.03. The molecule has 0 saturated carbocycles. The first-order chi connectivity index (χ1) is 14.3. The molecule has 0 spiro atoms. The maximum atomic E-state index is 5.91. The highest BCUT2D eigenvalue weighted by molar-refractivity contribution is 5.42. The van der Waals surface area contributed by atoms with Gasteiger partial charge in [-0.3, -0.25) is 9.80 Å². The van der Waals surface area contributed by atoms with Gasteiger partial charge in [-0.1, -0.05) is 38.1 Å². The van der Waals surface area contributed by atoms with Crippen molar-refractivity contribution in [1.29, 1.82) is 0 Å². The summed E-state index contributed by atoms with van der Waals surface area (Å²) in [5.41, 5.74) is 4.20. The van der Waals surface area contributed by atoms with Gasteiger partial charge in [0.05, 0.1) is 0 Å². The largest absolute Gasteiger partial charge is 0.484 e. The van der Waals surface area contributed by atoms with E-state index in [1.807, 2.05) is 6.20 Å². The van der Waals surface area contributed by atoms with Gasteiger partial charge in [0.1, 0.15) is 13.2 Å². The summed E-state index contributed by atoms with van der Waals surface area (Å²) in [5.74, 6) is 1.96. The van der Waals surface area contributed by atoms with Crippen LogP contribution in [-0.2, 0) is 6.54 Å². The zero-order valence-corrected chi connectivity index (χ0v) is 19.0. The fourth-order valence-corrected chi connectivity index (χ4v) is 4.76. The van der Waals surface area contributed by atoms with Gasteiger partial charge in [0.2, 0.25) is 0 Å². The number of nitrogens with zero attached hydrogens (tertiary/aromatic N) is 3. The topological polar surface area (TPSA) is 37.8 Å². The molecule has 5 nitrogen and oxygen atoms in total. The van der Waals surface area contributed by atoms with Crippen LogP contribution >= 0.6 is 0 Å². The smallest absolute Gasteiger partial charge is 0.257 e. The van der Waals surface area contributed by atoms with Crippen molar-refractivity contribution in [3.05, 3.63) is 53.2 Å². The lowest BCUT2D eigenvalue weighted by Gasteiger charge is -2.49. The molecule has 4 rings (SSSR count). The predicted molar refractivity (Wildman–Crippen MR) is 120 cm³/mol. The standard InChI is InChI=1S/C25H35N3O2/c1-18(2)20-8-6-7-9-21(20)22-17-27(12-13-28(22)25(3,4)5)16-19-10-11-26-24-23(19)29-14-15-30-24/h6-11,18,22H,12-17H2,1-5H3. The Morgan fingerprint density at radius 3 is 2.60 bits per heavy atom. The minimum atomic E-state index is 0.119. The zero-order chi connectivity index (χ0) is 21.3. The Morgan fingerprint density at radius 2 is 1.83 bits per heavy atom. The molecule has 3 heterocycles. The van der Waals surface area contributed by atoms with E-state index in [0.717, 1.165) is 31.9 Å². The average molecular weight is 410 g/mol. The van der Waals surface area contributed by atoms with Gasteiger partial charge in [-0.25, -0.2) is 4.98 Å². The van der Waals surface area contributed by atoms with Gasteiger partial charge in [-0.05, 0) is 43.9 Å². The lowest BCUT2D eigenvalue weighted by Crippen LogP contribution is -2.55. The Balaban J connectivity index is 1.62. The van der Waals surface area contributed by atoms with Crippen LogP contribution in [-0.4, -0.2) is 53.2 Å². The summed E-state index contributed by atoms with van der Waals surface area (Å²) in [4.78, 5) is 9.56. The number of rotatable bonds is 4. The monoisotopic (exact) mass is 409 g/mol. The Bertz CT molecular complexity index is 875. The SMILES string of the molecule is CC(C)c1ccccc1C1CN(Cc2ccnc3c2OCCO3)CCN1C(C)(C)C. The van der Waals surface area contributed by atoms with E-state index in [1.165, 1.54) is 16.7 Å². The third-order valence-corrected chi connectivity index (χ3v) is 6.22. The maximum Gasteiger partial charge on any atom is 0.257 e. The van der Waals surface area contributed by atoms with Gasteiger partial charge in [0, 0.05) is 49.5 Å². The molecule has 1 fully saturated rings. The minimum absolute atomic E-state index is 0.119. The number of pyridine rings is 1. The first-order valence-electron chi connectivity index (χ1n) is 11.2. The number of hydrogen-bond donors (Lipinski definition) is 0. The molecule has 2 aliphatic heterocycles. The fourth-order valence-electron chi connectivity index (χ4n) is 4.76. The van der Waals surface area contributed by atoms with Crippen molar-refractivity contribution in [2.24, 2.45) is 0 Å². The van der Waals surface area contributed by atoms with Gasteiger partial charge in [0.15, 0.2) is 5.75 Å². The van der Waals surface area contributed by atoms with E-state index >= 15 is 0 Å². The lowest BCUT2D eigenvalue weighted by molar-refractivity contribution is 0.00509. The van der Waals surface area contributed by atoms with Gasteiger partial charge >= 0.3 is 0 Å². The third-order valence-electron chi connectivity index (χ3n) is 6.22. The van der Waals surface area contributed by atoms with Crippen molar-refractivity contribution in [2.75, 3.05) is 32.8 Å². The molecule has 1 atom stereocenters. The molecule has 1 saturated heterocycles. The van der Waals surface area contributed by atoms with Crippen LogP contribution in [0.1, 0.15) is 63.3 Å². The number of fused-ring (bicyclic) bond motifs is 1. The summed E-state index contributed by atoms with van der Waals surface area (Å²) >= 11 is 0. The van der Waals surface area contributed by atoms with Gasteiger partial charge in [-0.2, -0.15) is 0 Å². The first-order valence-corrected chi connectivity index (χ1v) is 11.2. The van der Waals surface area contributed by atoms with Crippen molar-refractivity contribution in [3.63, 3.8) is 0 Å². The highest BCUT2D eigenvalue weighted by atomic mass is 16.6. The van der Waals surface area contributed by atoms with Crippen LogP contribution in [0.15, 0.2) is 36.5 Å². The van der Waals surface area contributed by atoms with Crippen LogP contribution in [0.5, 0.6) is 11.6 Å². The summed E-state index contributed by atoms with van der Waals surface area (Å²) in [6, 6.07) is 11.4. The summed E-state index contributed by atoms with van der Waals surface area (Å²) in [6.45, 7) is 16.7. The highest BCUT2D eigenvalue weighted by Crippen LogP contribution is 2.37. The number of hydrogen-bond acceptors (Lipinski definition) is 5. The molecule has 162 valence electrons. The third kappa shape index (κ3) is 4.33. The van der Waals surface area contributed by atoms with Crippen molar-refractivity contribution < 1.29 is 9.47 Å². The van der Waals surface area contributed by atoms with Gasteiger partial charge in [0.25, 0.3) is 5.88 Å². The average Bonchev–Trinajstić information content (AvgIpc) is 2.73. The van der Waals surface area contributed by atoms with Crippen molar-refractivity contribution in [1.82, 2.24) is 14.8 Å². The molecule has 0 aliphatic carbocycles. The Labute approximate surface area is 181 Å². The van der Waals surface area contributed by atoms with E-state index in [9.17, 15) is 0 Å². The summed E-state index contributed by atoms with van der Waals surface area (Å²) in [7, 11) is 0. The molecule has 0 amide bonds. The quantitative estimate of drug-likeness (QED) is 0.736. The van der Waals surface area contributed by atoms with E-state index in [0.29, 0.717) is 31.1 Å². The van der Waals surface area contributed by atoms with Crippen LogP contribution in [0, 0.1) is 0 Å². The normalized spacial score (nSPS) is 20.5. The van der Waals surface area contributed by atoms with E-state index < -0.39 is 0 Å². The number of piperazine rings is 1. The molecule has 0 N–H and O–H groups in total. The van der Waals surface area contributed by atoms with Crippen molar-refractivity contribution in [3.8, 4) is 11.6 Å². The lowest BCUT2D eigenvalue weighted by atomic mass is 9.88. The molecule has 5 heteroatoms. The van der Waals surface area contributed by atoms with Crippen LogP contribution < -0.4 is 9.47 Å². The summed E-state index contributed by atoms with van der Waals surface area (Å²) < 4.78 is 11.6. The van der Waals surface area contributed by atoms with Crippen LogP contribution in [0.25, 0.3) is 0 Å². The van der Waals surface area contributed by atoms with Crippen LogP contribution in [0.4, 0.5) is 0 Å². The summed E-state index contributed by atoms with van der Waals surface area (Å²) in [6.07, 6.45) is 1.83. The van der Waals surface area contributed by atoms with Crippen molar-refractivity contribution >= 4 is 0 Å². The van der Waals surface area contributed by atoms with Crippen LogP contribution in [0.3, 0.4) is 0 Å². The second-order valence-electron chi connectivity index (χ2n) is 9.70. The number of benzene rings is 1. The molecule has 2 aromatic rings. The molecular formula is C25H35N3O2. The summed E-state index contributed by atoms with van der Waals surface area (Å²) in [5, 5.41) is 0. The molecule has 0 radical (unpaired) electrons. The molecular weight excluding hydrogens is 374 g/mol. The second-order valence-corrected chi connectivity index (χ2v) is 9.70. The minimum Gasteiger partial charge on any atom is -0.484 e. The van der Waals surface area contributed by atoms with E-state index in [4.69, 9.17) is 9.47 Å². The number of aromatic nitrogens is 1. The second kappa shape index (κ2) is 8.56. The van der Waals surface area contributed by atoms with Gasteiger partial charge < -0.3 is 9.47 Å². The van der Waals surface area contributed by atoms with E-state index in [-0.39, 0.29) is 5.54 Å². The van der Waals surface area contributed by atoms with E-state index in [2.05, 4.69) is 79.7 Å². The zero-order valence-electron chi connectivity index (χ0n) is 19.0. The van der Waals surface area contributed by atoms with Crippen molar-refractivity contribution in [2.45, 2.75) is 58.7 Å². The Morgan fingerprint density at radius 1 is 1.07 bits per heavy atom. The molecule has 30 heavy (non-hydrogen) atoms. The predicted octanol–water partition coefficient (Wildman–Crippen LogP) is 4.63. The fraction of sp³-hybridized carbons (Fsp3) is 0.560. The van der Waals surface area contributed by atoms with Crippen LogP contribution in [0.2, 0.25) is 0 Å². The molecule has 1 aromatic heterocycles. The Hall–Kier alpha value is -2.11. The molecule has 1 aromatic carbocycles. The molecule has 2 aliphatic rings.